The molecule has 100 valence electrons. The molecule has 0 bridgehead atoms. The second kappa shape index (κ2) is 6.44. The summed E-state index contributed by atoms with van der Waals surface area (Å²) in [5.74, 6) is 0.773. The van der Waals surface area contributed by atoms with Gasteiger partial charge in [-0.1, -0.05) is 24.1 Å². The van der Waals surface area contributed by atoms with Crippen molar-refractivity contribution in [2.45, 2.75) is 38.6 Å². The molecule has 2 N–H and O–H groups in total. The fourth-order valence-corrected chi connectivity index (χ4v) is 2.97. The van der Waals surface area contributed by atoms with Crippen molar-refractivity contribution in [1.82, 2.24) is 5.32 Å². The first kappa shape index (κ1) is 13.7. The van der Waals surface area contributed by atoms with E-state index in [0.29, 0.717) is 6.04 Å². The van der Waals surface area contributed by atoms with Crippen LogP contribution in [0.2, 0.25) is 5.02 Å². The summed E-state index contributed by atoms with van der Waals surface area (Å²) in [6, 6.07) is 6.76. The number of nitrogens with one attached hydrogen (secondary N) is 2. The van der Waals surface area contributed by atoms with Gasteiger partial charge in [-0.05, 0) is 56.8 Å². The van der Waals surface area contributed by atoms with Crippen LogP contribution in [-0.4, -0.2) is 19.6 Å². The number of rotatable bonds is 4. The maximum Gasteiger partial charge on any atom is 0.0455 e. The molecule has 0 heterocycles. The molecular formula is C15H23ClN2. The molecule has 1 saturated carbocycles. The molecule has 2 unspecified atom stereocenters. The zero-order valence-corrected chi connectivity index (χ0v) is 12.1. The lowest BCUT2D eigenvalue weighted by Gasteiger charge is -2.29. The van der Waals surface area contributed by atoms with Crippen LogP contribution in [0.5, 0.6) is 0 Å². The van der Waals surface area contributed by atoms with E-state index >= 15 is 0 Å². The van der Waals surface area contributed by atoms with Gasteiger partial charge in [-0.2, -0.15) is 0 Å². The van der Waals surface area contributed by atoms with Gasteiger partial charge < -0.3 is 10.6 Å². The molecule has 18 heavy (non-hydrogen) atoms. The topological polar surface area (TPSA) is 24.1 Å². The lowest BCUT2D eigenvalue weighted by molar-refractivity contribution is 0.306. The van der Waals surface area contributed by atoms with Crippen LogP contribution in [0, 0.1) is 12.8 Å². The van der Waals surface area contributed by atoms with Crippen molar-refractivity contribution in [1.29, 1.82) is 0 Å². The van der Waals surface area contributed by atoms with Gasteiger partial charge in [-0.15, -0.1) is 0 Å². The number of benzene rings is 1. The molecule has 1 aromatic carbocycles. The van der Waals surface area contributed by atoms with Crippen LogP contribution in [-0.2, 0) is 0 Å². The minimum atomic E-state index is 0.700. The lowest BCUT2D eigenvalue weighted by atomic mass is 9.85. The van der Waals surface area contributed by atoms with Gasteiger partial charge in [-0.25, -0.2) is 0 Å². The third-order valence-corrected chi connectivity index (χ3v) is 4.45. The highest BCUT2D eigenvalue weighted by Crippen LogP contribution is 2.27. The first-order valence-electron chi connectivity index (χ1n) is 6.87. The normalized spacial score (nSPS) is 23.9. The largest absolute Gasteiger partial charge is 0.385 e. The molecule has 1 aliphatic carbocycles. The summed E-state index contributed by atoms with van der Waals surface area (Å²) in [6.07, 6.45) is 5.28. The summed E-state index contributed by atoms with van der Waals surface area (Å²) in [7, 11) is 2.07. The average molecular weight is 267 g/mol. The monoisotopic (exact) mass is 266 g/mol. The number of hydrogen-bond donors (Lipinski definition) is 2. The first-order valence-corrected chi connectivity index (χ1v) is 7.24. The van der Waals surface area contributed by atoms with Crippen molar-refractivity contribution >= 4 is 17.3 Å². The summed E-state index contributed by atoms with van der Waals surface area (Å²) in [4.78, 5) is 0. The molecule has 0 aromatic heterocycles. The van der Waals surface area contributed by atoms with Crippen LogP contribution in [0.4, 0.5) is 5.69 Å². The fraction of sp³-hybridized carbons (Fsp3) is 0.600. The van der Waals surface area contributed by atoms with Gasteiger partial charge in [-0.3, -0.25) is 0 Å². The smallest absolute Gasteiger partial charge is 0.0455 e. The molecule has 0 saturated heterocycles. The Hall–Kier alpha value is -0.730. The molecule has 0 amide bonds. The molecule has 1 aromatic rings. The van der Waals surface area contributed by atoms with Crippen molar-refractivity contribution < 1.29 is 0 Å². The summed E-state index contributed by atoms with van der Waals surface area (Å²) in [5.41, 5.74) is 2.33. The number of anilines is 1. The van der Waals surface area contributed by atoms with E-state index in [1.165, 1.54) is 31.4 Å². The van der Waals surface area contributed by atoms with Crippen LogP contribution < -0.4 is 10.6 Å². The van der Waals surface area contributed by atoms with Gasteiger partial charge in [0.25, 0.3) is 0 Å². The van der Waals surface area contributed by atoms with Crippen LogP contribution >= 0.6 is 11.6 Å². The van der Waals surface area contributed by atoms with E-state index in [4.69, 9.17) is 11.6 Å². The van der Waals surface area contributed by atoms with Crippen LogP contribution in [0.15, 0.2) is 18.2 Å². The van der Waals surface area contributed by atoms with E-state index < -0.39 is 0 Å². The standard InChI is InChI=1S/C15H23ClN2/c1-11-14(16)7-4-8-15(11)18-10-12-5-3-6-13(9-12)17-2/h4,7-8,12-13,17-18H,3,5-6,9-10H2,1-2H3. The Kier molecular flexibility index (Phi) is 4.90. The molecule has 0 aliphatic heterocycles. The predicted molar refractivity (Wildman–Crippen MR) is 79.5 cm³/mol. The molecule has 0 spiro atoms. The summed E-state index contributed by atoms with van der Waals surface area (Å²) in [6.45, 7) is 3.13. The zero-order valence-electron chi connectivity index (χ0n) is 11.3. The van der Waals surface area contributed by atoms with Gasteiger partial charge in [0.15, 0.2) is 0 Å². The van der Waals surface area contributed by atoms with Gasteiger partial charge in [0, 0.05) is 23.3 Å². The molecule has 0 radical (unpaired) electrons. The Morgan fingerprint density at radius 2 is 2.17 bits per heavy atom. The number of hydrogen-bond acceptors (Lipinski definition) is 2. The minimum absolute atomic E-state index is 0.700. The molecule has 2 rings (SSSR count). The Balaban J connectivity index is 1.89. The van der Waals surface area contributed by atoms with E-state index in [0.717, 1.165) is 23.0 Å². The Morgan fingerprint density at radius 1 is 1.33 bits per heavy atom. The van der Waals surface area contributed by atoms with Crippen molar-refractivity contribution in [3.63, 3.8) is 0 Å². The highest BCUT2D eigenvalue weighted by molar-refractivity contribution is 6.31. The quantitative estimate of drug-likeness (QED) is 0.865. The Labute approximate surface area is 115 Å². The highest BCUT2D eigenvalue weighted by Gasteiger charge is 2.20. The minimum Gasteiger partial charge on any atom is -0.385 e. The third kappa shape index (κ3) is 3.39. The molecule has 1 aliphatic rings. The van der Waals surface area contributed by atoms with Crippen molar-refractivity contribution in [2.75, 3.05) is 18.9 Å². The van der Waals surface area contributed by atoms with Gasteiger partial charge in [0.2, 0.25) is 0 Å². The Morgan fingerprint density at radius 3 is 2.94 bits per heavy atom. The third-order valence-electron chi connectivity index (χ3n) is 4.04. The molecular weight excluding hydrogens is 244 g/mol. The highest BCUT2D eigenvalue weighted by atomic mass is 35.5. The zero-order chi connectivity index (χ0) is 13.0. The lowest BCUT2D eigenvalue weighted by Crippen LogP contribution is -2.33. The summed E-state index contributed by atoms with van der Waals surface area (Å²) < 4.78 is 0. The van der Waals surface area contributed by atoms with Crippen molar-refractivity contribution in [2.24, 2.45) is 5.92 Å². The molecule has 3 heteroatoms. The Bertz CT molecular complexity index is 392. The average Bonchev–Trinajstić information content (AvgIpc) is 2.41. The van der Waals surface area contributed by atoms with E-state index in [9.17, 15) is 0 Å². The predicted octanol–water partition coefficient (Wildman–Crippen LogP) is 3.84. The van der Waals surface area contributed by atoms with Gasteiger partial charge in [0.05, 0.1) is 0 Å². The molecule has 2 nitrogen and oxygen atoms in total. The van der Waals surface area contributed by atoms with E-state index in [2.05, 4.69) is 30.7 Å². The van der Waals surface area contributed by atoms with Crippen LogP contribution in [0.25, 0.3) is 0 Å². The van der Waals surface area contributed by atoms with E-state index in [1.807, 2.05) is 12.1 Å². The van der Waals surface area contributed by atoms with Crippen molar-refractivity contribution in [3.05, 3.63) is 28.8 Å². The SMILES string of the molecule is CNC1CCCC(CNc2cccc(Cl)c2C)C1. The van der Waals surface area contributed by atoms with E-state index in [1.54, 1.807) is 0 Å². The van der Waals surface area contributed by atoms with Crippen LogP contribution in [0.1, 0.15) is 31.2 Å². The molecule has 2 atom stereocenters. The second-order valence-corrected chi connectivity index (χ2v) is 5.72. The van der Waals surface area contributed by atoms with Gasteiger partial charge in [0.1, 0.15) is 0 Å². The van der Waals surface area contributed by atoms with Crippen molar-refractivity contribution in [3.8, 4) is 0 Å². The maximum atomic E-state index is 6.13. The maximum absolute atomic E-state index is 6.13. The fourth-order valence-electron chi connectivity index (χ4n) is 2.79. The molecule has 1 fully saturated rings. The van der Waals surface area contributed by atoms with E-state index in [-0.39, 0.29) is 0 Å². The van der Waals surface area contributed by atoms with Gasteiger partial charge >= 0.3 is 0 Å². The first-order chi connectivity index (χ1) is 8.70. The van der Waals surface area contributed by atoms with Crippen LogP contribution in [0.3, 0.4) is 0 Å². The number of halogens is 1. The second-order valence-electron chi connectivity index (χ2n) is 5.31. The summed E-state index contributed by atoms with van der Waals surface area (Å²) >= 11 is 6.13. The summed E-state index contributed by atoms with van der Waals surface area (Å²) in [5, 5.41) is 7.80.